The van der Waals surface area contributed by atoms with E-state index in [0.29, 0.717) is 6.42 Å². The first-order chi connectivity index (χ1) is 3.95. The van der Waals surface area contributed by atoms with Crippen LogP contribution in [0, 0.1) is 0 Å². The quantitative estimate of drug-likeness (QED) is 0.392. The summed E-state index contributed by atoms with van der Waals surface area (Å²) in [5, 5.41) is 0. The predicted molar refractivity (Wildman–Crippen MR) is 40.2 cm³/mol. The fourth-order valence-electron chi connectivity index (χ4n) is 0.224. The summed E-state index contributed by atoms with van der Waals surface area (Å²) >= 11 is 5.24. The number of hydrogen-bond donors (Lipinski definition) is 2. The van der Waals surface area contributed by atoms with E-state index >= 15 is 0 Å². The van der Waals surface area contributed by atoms with Crippen LogP contribution < -0.4 is 0 Å². The van der Waals surface area contributed by atoms with Crippen molar-refractivity contribution in [2.24, 2.45) is 0 Å². The zero-order chi connectivity index (χ0) is 7.49. The molecule has 0 spiro atoms. The average molecular weight is 199 g/mol. The van der Waals surface area contributed by atoms with E-state index in [1.165, 1.54) is 0 Å². The second-order valence-electron chi connectivity index (χ2n) is 1.41. The Morgan fingerprint density at radius 3 is 2.20 bits per heavy atom. The molecule has 0 fully saturated rings. The molecular formula is C3H9ClNaO4P. The summed E-state index contributed by atoms with van der Waals surface area (Å²) in [6, 6.07) is 0. The third-order valence-corrected chi connectivity index (χ3v) is 1.62. The minimum atomic E-state index is -4.37. The maximum absolute atomic E-state index is 9.99. The molecule has 0 aromatic heterocycles. The number of rotatable bonds is 3. The minimum absolute atomic E-state index is 0. The van der Waals surface area contributed by atoms with Crippen LogP contribution in [0.5, 0.6) is 0 Å². The molecule has 2 N–H and O–H groups in total. The topological polar surface area (TPSA) is 66.8 Å². The number of alkyl halides is 1. The third kappa shape index (κ3) is 9.40. The van der Waals surface area contributed by atoms with Crippen molar-refractivity contribution >= 4 is 49.0 Å². The molecule has 0 saturated carbocycles. The van der Waals surface area contributed by atoms with Gasteiger partial charge in [-0.2, -0.15) is 0 Å². The van der Waals surface area contributed by atoms with Crippen molar-refractivity contribution in [3.63, 3.8) is 0 Å². The normalized spacial score (nSPS) is 14.0. The maximum atomic E-state index is 9.99. The summed E-state index contributed by atoms with van der Waals surface area (Å²) in [6.45, 7) is 1.66. The number of halogens is 1. The molecule has 0 amide bonds. The van der Waals surface area contributed by atoms with Crippen molar-refractivity contribution in [2.45, 2.75) is 18.9 Å². The molecular weight excluding hydrogens is 189 g/mol. The zero-order valence-electron chi connectivity index (χ0n) is 4.82. The van der Waals surface area contributed by atoms with E-state index in [1.807, 2.05) is 0 Å². The number of phosphoric ester groups is 1. The van der Waals surface area contributed by atoms with Crippen LogP contribution in [-0.2, 0) is 9.09 Å². The standard InChI is InChI=1S/C3H8ClO4P.Na.H/c1-2-3(4)8-9(5,6)7;;/h3H,2H2,1H3,(H2,5,6,7);;. The van der Waals surface area contributed by atoms with E-state index in [1.54, 1.807) is 6.92 Å². The van der Waals surface area contributed by atoms with Crippen molar-refractivity contribution in [1.29, 1.82) is 0 Å². The molecule has 10 heavy (non-hydrogen) atoms. The molecule has 4 nitrogen and oxygen atoms in total. The van der Waals surface area contributed by atoms with Gasteiger partial charge in [0.2, 0.25) is 0 Å². The molecule has 0 saturated heterocycles. The van der Waals surface area contributed by atoms with Crippen LogP contribution in [0.15, 0.2) is 0 Å². The monoisotopic (exact) mass is 198 g/mol. The second kappa shape index (κ2) is 5.98. The molecule has 0 aliphatic carbocycles. The summed E-state index contributed by atoms with van der Waals surface area (Å²) < 4.78 is 14.0. The molecule has 0 aliphatic rings. The third-order valence-electron chi connectivity index (χ3n) is 0.573. The number of phosphoric acid groups is 1. The molecule has 0 rings (SSSR count). The Morgan fingerprint density at radius 1 is 1.70 bits per heavy atom. The van der Waals surface area contributed by atoms with Gasteiger partial charge in [0, 0.05) is 0 Å². The van der Waals surface area contributed by atoms with Crippen LogP contribution in [0.4, 0.5) is 0 Å². The first-order valence-electron chi connectivity index (χ1n) is 2.33. The van der Waals surface area contributed by atoms with Gasteiger partial charge in [-0.1, -0.05) is 18.5 Å². The molecule has 0 aliphatic heterocycles. The summed E-state index contributed by atoms with van der Waals surface area (Å²) in [5.41, 5.74) is -0.897. The van der Waals surface area contributed by atoms with Crippen molar-refractivity contribution in [3.8, 4) is 0 Å². The Kier molecular flexibility index (Phi) is 8.34. The average Bonchev–Trinajstić information content (AvgIpc) is 1.62. The van der Waals surface area contributed by atoms with Crippen LogP contribution in [0.25, 0.3) is 0 Å². The molecule has 0 heterocycles. The van der Waals surface area contributed by atoms with Gasteiger partial charge in [-0.25, -0.2) is 4.57 Å². The van der Waals surface area contributed by atoms with Crippen LogP contribution >= 0.6 is 19.4 Å². The van der Waals surface area contributed by atoms with Crippen molar-refractivity contribution in [3.05, 3.63) is 0 Å². The Balaban J connectivity index is 0. The van der Waals surface area contributed by atoms with Crippen LogP contribution in [0.2, 0.25) is 0 Å². The second-order valence-corrected chi connectivity index (χ2v) is 3.09. The van der Waals surface area contributed by atoms with Gasteiger partial charge < -0.3 is 9.79 Å². The fourth-order valence-corrected chi connectivity index (χ4v) is 0.982. The van der Waals surface area contributed by atoms with Crippen molar-refractivity contribution in [1.82, 2.24) is 0 Å². The molecule has 0 bridgehead atoms. The summed E-state index contributed by atoms with van der Waals surface area (Å²) in [5.74, 6) is 0. The molecule has 1 atom stereocenters. The summed E-state index contributed by atoms with van der Waals surface area (Å²) in [7, 11) is -4.37. The van der Waals surface area contributed by atoms with Gasteiger partial charge in [-0.05, 0) is 6.42 Å². The molecule has 0 aromatic rings. The van der Waals surface area contributed by atoms with E-state index in [0.717, 1.165) is 0 Å². The predicted octanol–water partition coefficient (Wildman–Crippen LogP) is 0.422. The molecule has 58 valence electrons. The summed E-state index contributed by atoms with van der Waals surface area (Å²) in [4.78, 5) is 16.2. The van der Waals surface area contributed by atoms with Gasteiger partial charge in [0.1, 0.15) is 5.56 Å². The van der Waals surface area contributed by atoms with Gasteiger partial charge in [-0.15, -0.1) is 0 Å². The van der Waals surface area contributed by atoms with E-state index < -0.39 is 13.4 Å². The van der Waals surface area contributed by atoms with E-state index in [-0.39, 0.29) is 29.6 Å². The van der Waals surface area contributed by atoms with Crippen LogP contribution in [-0.4, -0.2) is 44.9 Å². The van der Waals surface area contributed by atoms with Crippen LogP contribution in [0.3, 0.4) is 0 Å². The van der Waals surface area contributed by atoms with Gasteiger partial charge >= 0.3 is 37.4 Å². The van der Waals surface area contributed by atoms with E-state index in [2.05, 4.69) is 4.52 Å². The van der Waals surface area contributed by atoms with Gasteiger partial charge in [0.25, 0.3) is 0 Å². The van der Waals surface area contributed by atoms with Crippen molar-refractivity contribution in [2.75, 3.05) is 0 Å². The van der Waals surface area contributed by atoms with Gasteiger partial charge in [0.15, 0.2) is 0 Å². The number of hydrogen-bond acceptors (Lipinski definition) is 2. The molecule has 1 unspecified atom stereocenters. The first kappa shape index (κ1) is 14.0. The van der Waals surface area contributed by atoms with Gasteiger partial charge in [0.05, 0.1) is 0 Å². The first-order valence-corrected chi connectivity index (χ1v) is 4.30. The van der Waals surface area contributed by atoms with Crippen LogP contribution in [0.1, 0.15) is 13.3 Å². The Bertz CT molecular complexity index is 126. The summed E-state index contributed by atoms with van der Waals surface area (Å²) in [6.07, 6.45) is 0.368. The fraction of sp³-hybridized carbons (Fsp3) is 1.00. The Hall–Kier alpha value is 1.40. The van der Waals surface area contributed by atoms with Crippen molar-refractivity contribution < 1.29 is 18.9 Å². The Morgan fingerprint density at radius 2 is 2.10 bits per heavy atom. The van der Waals surface area contributed by atoms with Gasteiger partial charge in [-0.3, -0.25) is 4.52 Å². The van der Waals surface area contributed by atoms with E-state index in [4.69, 9.17) is 21.4 Å². The van der Waals surface area contributed by atoms with E-state index in [9.17, 15) is 4.57 Å². The molecule has 0 radical (unpaired) electrons. The molecule has 7 heteroatoms. The Labute approximate surface area is 86.4 Å². The SMILES string of the molecule is CCC(Cl)OP(=O)(O)O.[NaH]. The zero-order valence-corrected chi connectivity index (χ0v) is 6.47. The molecule has 0 aromatic carbocycles.